The van der Waals surface area contributed by atoms with Gasteiger partial charge in [-0.3, -0.25) is 0 Å². The first-order valence-electron chi connectivity index (χ1n) is 9.04. The van der Waals surface area contributed by atoms with E-state index in [1.54, 1.807) is 13.8 Å². The molecule has 0 aliphatic rings. The van der Waals surface area contributed by atoms with Gasteiger partial charge in [0.15, 0.2) is 0 Å². The Bertz CT molecular complexity index is 733. The molecule has 0 fully saturated rings. The molecule has 1 atom stereocenters. The minimum atomic E-state index is -0.537. The van der Waals surface area contributed by atoms with Gasteiger partial charge in [-0.2, -0.15) is 41.8 Å². The van der Waals surface area contributed by atoms with Gasteiger partial charge >= 0.3 is 41.3 Å². The number of benzene rings is 2. The van der Waals surface area contributed by atoms with Crippen molar-refractivity contribution in [3.8, 4) is 0 Å². The summed E-state index contributed by atoms with van der Waals surface area (Å²) in [4.78, 5) is 0. The topological polar surface area (TPSA) is 66.5 Å². The minimum Gasteiger partial charge on any atom is -0.513 e. The molecule has 4 heteroatoms. The zero-order valence-corrected chi connectivity index (χ0v) is 22.4. The Morgan fingerprint density at radius 1 is 1.24 bits per heavy atom. The zero-order chi connectivity index (χ0) is 20.8. The molecule has 2 aromatic rings. The van der Waals surface area contributed by atoms with Crippen molar-refractivity contribution in [2.75, 3.05) is 5.73 Å². The molecule has 29 heavy (non-hydrogen) atoms. The van der Waals surface area contributed by atoms with E-state index >= 15 is 0 Å². The van der Waals surface area contributed by atoms with Gasteiger partial charge < -0.3 is 30.3 Å². The summed E-state index contributed by atoms with van der Waals surface area (Å²) in [6.45, 7) is 12.3. The van der Waals surface area contributed by atoms with Crippen molar-refractivity contribution in [3.63, 3.8) is 0 Å². The Labute approximate surface area is 211 Å². The third kappa shape index (κ3) is 15.4. The molecule has 1 unspecified atom stereocenters. The molecule has 0 aromatic heterocycles. The molecule has 0 bridgehead atoms. The van der Waals surface area contributed by atoms with Crippen LogP contribution in [-0.4, -0.2) is 16.3 Å². The largest absolute Gasteiger partial charge is 3.00 e. The van der Waals surface area contributed by atoms with Crippen molar-refractivity contribution in [1.29, 1.82) is 0 Å². The van der Waals surface area contributed by atoms with Crippen molar-refractivity contribution in [1.82, 2.24) is 0 Å². The maximum absolute atomic E-state index is 8.49. The summed E-state index contributed by atoms with van der Waals surface area (Å²) in [5, 5.41) is 16.9. The van der Waals surface area contributed by atoms with Crippen molar-refractivity contribution in [3.05, 3.63) is 97.0 Å². The Balaban J connectivity index is -0.000000530. The van der Waals surface area contributed by atoms with E-state index in [1.165, 1.54) is 29.7 Å². The molecule has 2 rings (SSSR count). The standard InChI is InChI=1S/C17H18N.C5H10O2.C2H5.CH3.Pr/c1-13-10-11-15(14(2)12-13)7-5-8-16-6-3-4-9-17(16)18;1-4(6)3-5(2)7;1-2;;/h3-6,8-10,12H,7,18H2,1-2H3;3-4,6-7H,1-2H3;1H2,2H3;1H3;/q-1;;2*-1;+3/b8-5-;5-3-;;;. The fraction of sp³-hybridized carbons (Fsp3) is 0.280. The average Bonchev–Trinajstić information content (AvgIpc) is 2.59. The van der Waals surface area contributed by atoms with E-state index in [0.29, 0.717) is 0 Å². The average molecular weight is 523 g/mol. The number of aliphatic hydroxyl groups excluding tert-OH is 2. The van der Waals surface area contributed by atoms with Crippen LogP contribution < -0.4 is 5.73 Å². The van der Waals surface area contributed by atoms with E-state index in [-0.39, 0.29) is 54.5 Å². The van der Waals surface area contributed by atoms with E-state index < -0.39 is 6.10 Å². The first-order chi connectivity index (χ1) is 12.8. The first kappa shape index (κ1) is 32.5. The number of anilines is 1. The number of nitrogen functional groups attached to an aromatic ring is 1. The number of aliphatic hydroxyl groups is 2. The molecule has 2 aromatic carbocycles. The number of hydrogen-bond donors (Lipinski definition) is 3. The number of aryl methyl sites for hydroxylation is 2. The monoisotopic (exact) mass is 523 g/mol. The molecule has 3 nitrogen and oxygen atoms in total. The molecule has 0 saturated heterocycles. The molecule has 0 heterocycles. The molecule has 4 N–H and O–H groups in total. The van der Waals surface area contributed by atoms with E-state index in [1.807, 2.05) is 30.3 Å². The van der Waals surface area contributed by atoms with Gasteiger partial charge in [-0.15, -0.1) is 0 Å². The Kier molecular flexibility index (Phi) is 21.1. The van der Waals surface area contributed by atoms with Crippen LogP contribution in [0.25, 0.3) is 6.08 Å². The summed E-state index contributed by atoms with van der Waals surface area (Å²) in [5.74, 6) is 0.162. The van der Waals surface area contributed by atoms with Crippen LogP contribution in [0.5, 0.6) is 0 Å². The van der Waals surface area contributed by atoms with Crippen LogP contribution in [0.4, 0.5) is 5.69 Å². The second kappa shape index (κ2) is 18.8. The summed E-state index contributed by atoms with van der Waals surface area (Å²) in [5.41, 5.74) is 11.6. The molecular weight excluding hydrogens is 487 g/mol. The maximum Gasteiger partial charge on any atom is 3.00 e. The smallest absolute Gasteiger partial charge is 0.513 e. The molecule has 0 radical (unpaired) electrons. The van der Waals surface area contributed by atoms with Gasteiger partial charge in [0.05, 0.1) is 11.9 Å². The molecular formula is C25H36NO2Pr. The molecule has 0 aliphatic carbocycles. The van der Waals surface area contributed by atoms with Crippen molar-refractivity contribution < 1.29 is 51.5 Å². The fourth-order valence-electron chi connectivity index (χ4n) is 2.32. The van der Waals surface area contributed by atoms with E-state index in [2.05, 4.69) is 45.1 Å². The van der Waals surface area contributed by atoms with E-state index in [4.69, 9.17) is 15.9 Å². The fourth-order valence-corrected chi connectivity index (χ4v) is 2.32. The van der Waals surface area contributed by atoms with Gasteiger partial charge in [0.2, 0.25) is 0 Å². The van der Waals surface area contributed by atoms with Crippen molar-refractivity contribution >= 4 is 11.8 Å². The maximum atomic E-state index is 8.49. The van der Waals surface area contributed by atoms with Crippen LogP contribution in [0.2, 0.25) is 0 Å². The van der Waals surface area contributed by atoms with Gasteiger partial charge in [-0.05, 0) is 38.0 Å². The van der Waals surface area contributed by atoms with Gasteiger partial charge in [0.25, 0.3) is 0 Å². The van der Waals surface area contributed by atoms with Gasteiger partial charge in [-0.25, -0.2) is 0 Å². The van der Waals surface area contributed by atoms with Crippen LogP contribution in [0.15, 0.2) is 54.3 Å². The normalized spacial score (nSPS) is 11.1. The third-order valence-electron chi connectivity index (χ3n) is 3.49. The first-order valence-corrected chi connectivity index (χ1v) is 9.04. The number of nitrogens with two attached hydrogens (primary N) is 1. The number of allylic oxidation sites excluding steroid dienone is 2. The summed E-state index contributed by atoms with van der Waals surface area (Å²) >= 11 is 0. The SMILES string of the molecule is C/C(O)=C/C(C)O.Cc1c[c-]c(C/C=C\c2ccccc2N)c(C)c1.[CH2-]C.[CH3-].[Pr+3]. The summed E-state index contributed by atoms with van der Waals surface area (Å²) in [7, 11) is 0. The number of para-hydroxylation sites is 1. The summed E-state index contributed by atoms with van der Waals surface area (Å²) in [6, 6.07) is 15.4. The quantitative estimate of drug-likeness (QED) is 0.259. The van der Waals surface area contributed by atoms with Crippen LogP contribution >= 0.6 is 0 Å². The Morgan fingerprint density at radius 2 is 1.83 bits per heavy atom. The number of hydrogen-bond acceptors (Lipinski definition) is 3. The van der Waals surface area contributed by atoms with Crippen LogP contribution in [0.3, 0.4) is 0 Å². The van der Waals surface area contributed by atoms with Crippen LogP contribution in [-0.2, 0) is 6.42 Å². The molecule has 156 valence electrons. The molecule has 0 aliphatic heterocycles. The summed E-state index contributed by atoms with van der Waals surface area (Å²) < 4.78 is 0. The molecule has 0 spiro atoms. The van der Waals surface area contributed by atoms with Gasteiger partial charge in [0.1, 0.15) is 0 Å². The zero-order valence-electron chi connectivity index (χ0n) is 18.7. The van der Waals surface area contributed by atoms with E-state index in [9.17, 15) is 0 Å². The van der Waals surface area contributed by atoms with Crippen molar-refractivity contribution in [2.45, 2.75) is 47.1 Å². The molecule has 0 saturated carbocycles. The molecule has 0 amide bonds. The summed E-state index contributed by atoms with van der Waals surface area (Å²) in [6.07, 6.45) is 5.92. The second-order valence-electron chi connectivity index (χ2n) is 6.12. The Morgan fingerprint density at radius 3 is 2.28 bits per heavy atom. The van der Waals surface area contributed by atoms with Crippen LogP contribution in [0.1, 0.15) is 43.0 Å². The van der Waals surface area contributed by atoms with E-state index in [0.717, 1.165) is 17.7 Å². The predicted octanol–water partition coefficient (Wildman–Crippen LogP) is 6.06. The third-order valence-corrected chi connectivity index (χ3v) is 3.49. The second-order valence-corrected chi connectivity index (χ2v) is 6.12. The number of rotatable bonds is 4. The Hall–Kier alpha value is -1.16. The minimum absolute atomic E-state index is 0. The predicted molar refractivity (Wildman–Crippen MR) is 124 cm³/mol. The van der Waals surface area contributed by atoms with Gasteiger partial charge in [0, 0.05) is 5.69 Å². The van der Waals surface area contributed by atoms with Crippen LogP contribution in [0, 0.1) is 75.6 Å². The van der Waals surface area contributed by atoms with Gasteiger partial charge in [-0.1, -0.05) is 44.2 Å². The van der Waals surface area contributed by atoms with Crippen molar-refractivity contribution in [2.24, 2.45) is 0 Å².